The van der Waals surface area contributed by atoms with Gasteiger partial charge in [0, 0.05) is 6.42 Å². The van der Waals surface area contributed by atoms with E-state index < -0.39 is 41.5 Å². The van der Waals surface area contributed by atoms with Crippen LogP contribution >= 0.6 is 0 Å². The zero-order valence-electron chi connectivity index (χ0n) is 18.3. The number of hydrogen-bond donors (Lipinski definition) is 1. The van der Waals surface area contributed by atoms with Gasteiger partial charge in [-0.05, 0) is 23.8 Å². The highest BCUT2D eigenvalue weighted by Crippen LogP contribution is 2.33. The van der Waals surface area contributed by atoms with E-state index in [1.807, 2.05) is 35.3 Å². The molecule has 1 N–H and O–H groups in total. The molecule has 1 saturated heterocycles. The van der Waals surface area contributed by atoms with Crippen molar-refractivity contribution in [3.63, 3.8) is 0 Å². The first-order valence-electron chi connectivity index (χ1n) is 10.9. The minimum absolute atomic E-state index is 0.0796. The average Bonchev–Trinajstić information content (AvgIpc) is 3.50. The molecule has 35 heavy (non-hydrogen) atoms. The maximum atomic E-state index is 13.8. The Morgan fingerprint density at radius 2 is 1.91 bits per heavy atom. The van der Waals surface area contributed by atoms with Crippen molar-refractivity contribution in [2.45, 2.75) is 31.5 Å². The molecule has 3 aromatic rings. The van der Waals surface area contributed by atoms with Gasteiger partial charge in [0.2, 0.25) is 12.6 Å². The number of nitrogens with one attached hydrogen (secondary N) is 1. The van der Waals surface area contributed by atoms with Gasteiger partial charge in [0.1, 0.15) is 18.9 Å². The number of hydrogen-bond acceptors (Lipinski definition) is 8. The summed E-state index contributed by atoms with van der Waals surface area (Å²) in [5.74, 6) is -0.742. The van der Waals surface area contributed by atoms with Crippen LogP contribution in [0.4, 0.5) is 4.39 Å². The van der Waals surface area contributed by atoms with Gasteiger partial charge in [0.15, 0.2) is 11.5 Å². The second kappa shape index (κ2) is 9.72. The van der Waals surface area contributed by atoms with Crippen molar-refractivity contribution in [3.05, 3.63) is 92.5 Å². The molecule has 3 heterocycles. The van der Waals surface area contributed by atoms with Crippen LogP contribution in [0, 0.1) is 5.82 Å². The van der Waals surface area contributed by atoms with Gasteiger partial charge >= 0.3 is 11.7 Å². The molecular formula is C24H21FN2O8. The molecule has 0 spiro atoms. The Labute approximate surface area is 197 Å². The summed E-state index contributed by atoms with van der Waals surface area (Å²) in [7, 11) is 0. The summed E-state index contributed by atoms with van der Waals surface area (Å²) >= 11 is 0. The fraction of sp³-hybridized carbons (Fsp3) is 0.292. The van der Waals surface area contributed by atoms with E-state index >= 15 is 0 Å². The molecule has 3 atom stereocenters. The van der Waals surface area contributed by atoms with Crippen LogP contribution in [0.3, 0.4) is 0 Å². The van der Waals surface area contributed by atoms with Gasteiger partial charge in [-0.15, -0.1) is 0 Å². The number of carbonyl (C=O) groups is 1. The van der Waals surface area contributed by atoms with Gasteiger partial charge in [-0.3, -0.25) is 14.3 Å². The first-order chi connectivity index (χ1) is 17.0. The highest BCUT2D eigenvalue weighted by Gasteiger charge is 2.38. The summed E-state index contributed by atoms with van der Waals surface area (Å²) in [5.41, 5.74) is -0.750. The second-order valence-electron chi connectivity index (χ2n) is 8.01. The lowest BCUT2D eigenvalue weighted by atomic mass is 10.1. The quantitative estimate of drug-likeness (QED) is 0.507. The zero-order valence-corrected chi connectivity index (χ0v) is 18.3. The summed E-state index contributed by atoms with van der Waals surface area (Å²) in [6.07, 6.45) is -1.29. The molecule has 2 aromatic carbocycles. The van der Waals surface area contributed by atoms with Crippen LogP contribution < -0.4 is 20.7 Å². The monoisotopic (exact) mass is 484 g/mol. The van der Waals surface area contributed by atoms with E-state index in [0.29, 0.717) is 11.5 Å². The molecule has 0 aliphatic carbocycles. The minimum Gasteiger partial charge on any atom is -0.459 e. The van der Waals surface area contributed by atoms with Gasteiger partial charge in [-0.2, -0.15) is 4.39 Å². The van der Waals surface area contributed by atoms with Crippen LogP contribution in [0.5, 0.6) is 11.5 Å². The number of rotatable bonds is 7. The largest absolute Gasteiger partial charge is 0.459 e. The SMILES string of the molecule is O=C(OC[C@H]1O[C@@H](n2cc(F)c(=O)[nH]c2=O)C[C@@H]1OCc1ccccc1)c1ccc2c(c1)OCO2. The smallest absolute Gasteiger partial charge is 0.338 e. The number of aromatic nitrogens is 2. The molecule has 1 aromatic heterocycles. The molecule has 0 bridgehead atoms. The fourth-order valence-corrected chi connectivity index (χ4v) is 3.91. The van der Waals surface area contributed by atoms with Crippen molar-refractivity contribution in [3.8, 4) is 11.5 Å². The third kappa shape index (κ3) is 4.96. The maximum Gasteiger partial charge on any atom is 0.338 e. The summed E-state index contributed by atoms with van der Waals surface area (Å²) in [4.78, 5) is 38.2. The lowest BCUT2D eigenvalue weighted by Gasteiger charge is -2.19. The number of H-pyrrole nitrogens is 1. The van der Waals surface area contributed by atoms with Gasteiger partial charge in [-0.1, -0.05) is 30.3 Å². The van der Waals surface area contributed by atoms with E-state index in [2.05, 4.69) is 0 Å². The van der Waals surface area contributed by atoms with Crippen LogP contribution in [-0.2, 0) is 20.8 Å². The third-order valence-electron chi connectivity index (χ3n) is 5.71. The van der Waals surface area contributed by atoms with Crippen molar-refractivity contribution in [1.82, 2.24) is 9.55 Å². The Bertz CT molecular complexity index is 1340. The topological polar surface area (TPSA) is 118 Å². The van der Waals surface area contributed by atoms with Crippen molar-refractivity contribution >= 4 is 5.97 Å². The molecule has 1 fully saturated rings. The van der Waals surface area contributed by atoms with E-state index in [-0.39, 0.29) is 32.0 Å². The first kappa shape index (κ1) is 22.8. The van der Waals surface area contributed by atoms with E-state index in [9.17, 15) is 18.8 Å². The Morgan fingerprint density at radius 1 is 1.11 bits per heavy atom. The number of ether oxygens (including phenoxy) is 5. The second-order valence-corrected chi connectivity index (χ2v) is 8.01. The number of benzene rings is 2. The predicted octanol–water partition coefficient (Wildman–Crippen LogP) is 2.13. The van der Waals surface area contributed by atoms with Crippen molar-refractivity contribution < 1.29 is 32.9 Å². The minimum atomic E-state index is -1.12. The van der Waals surface area contributed by atoms with Crippen LogP contribution in [0.25, 0.3) is 0 Å². The summed E-state index contributed by atoms with van der Waals surface area (Å²) in [6, 6.07) is 14.1. The van der Waals surface area contributed by atoms with Crippen LogP contribution in [0.15, 0.2) is 64.3 Å². The number of halogens is 1. The fourth-order valence-electron chi connectivity index (χ4n) is 3.91. The van der Waals surface area contributed by atoms with Crippen molar-refractivity contribution in [2.24, 2.45) is 0 Å². The Balaban J connectivity index is 1.30. The average molecular weight is 484 g/mol. The van der Waals surface area contributed by atoms with E-state index in [4.69, 9.17) is 23.7 Å². The normalized spacial score (nSPS) is 20.7. The molecule has 10 nitrogen and oxygen atoms in total. The first-order valence-corrected chi connectivity index (χ1v) is 10.9. The molecule has 0 saturated carbocycles. The van der Waals surface area contributed by atoms with Crippen LogP contribution in [0.2, 0.25) is 0 Å². The van der Waals surface area contributed by atoms with E-state index in [0.717, 1.165) is 16.3 Å². The van der Waals surface area contributed by atoms with Gasteiger partial charge < -0.3 is 23.7 Å². The number of esters is 1. The number of fused-ring (bicyclic) bond motifs is 1. The number of nitrogens with zero attached hydrogens (tertiary/aromatic N) is 1. The lowest BCUT2D eigenvalue weighted by molar-refractivity contribution is -0.0709. The van der Waals surface area contributed by atoms with Crippen molar-refractivity contribution in [1.29, 1.82) is 0 Å². The van der Waals surface area contributed by atoms with Crippen LogP contribution in [0.1, 0.15) is 28.6 Å². The van der Waals surface area contributed by atoms with Gasteiger partial charge in [0.05, 0.1) is 24.5 Å². The highest BCUT2D eigenvalue weighted by molar-refractivity contribution is 5.90. The lowest BCUT2D eigenvalue weighted by Crippen LogP contribution is -2.34. The molecule has 0 radical (unpaired) electrons. The number of aromatic amines is 1. The molecule has 2 aliphatic heterocycles. The van der Waals surface area contributed by atoms with Crippen LogP contribution in [-0.4, -0.2) is 41.1 Å². The molecular weight excluding hydrogens is 463 g/mol. The Kier molecular flexibility index (Phi) is 6.34. The molecule has 2 aliphatic rings. The van der Waals surface area contributed by atoms with E-state index in [1.54, 1.807) is 12.1 Å². The highest BCUT2D eigenvalue weighted by atomic mass is 19.1. The summed E-state index contributed by atoms with van der Waals surface area (Å²) in [6.45, 7) is 0.156. The van der Waals surface area contributed by atoms with Crippen molar-refractivity contribution in [2.75, 3.05) is 13.4 Å². The van der Waals surface area contributed by atoms with Gasteiger partial charge in [0.25, 0.3) is 5.56 Å². The predicted molar refractivity (Wildman–Crippen MR) is 118 cm³/mol. The zero-order chi connectivity index (χ0) is 24.4. The molecule has 5 rings (SSSR count). The van der Waals surface area contributed by atoms with Gasteiger partial charge in [-0.25, -0.2) is 9.59 Å². The maximum absolute atomic E-state index is 13.8. The summed E-state index contributed by atoms with van der Waals surface area (Å²) < 4.78 is 42.7. The molecule has 11 heteroatoms. The Morgan fingerprint density at radius 3 is 2.74 bits per heavy atom. The number of carbonyl (C=O) groups excluding carboxylic acids is 1. The third-order valence-corrected chi connectivity index (χ3v) is 5.71. The van der Waals surface area contributed by atoms with E-state index in [1.165, 1.54) is 6.07 Å². The Hall–Kier alpha value is -3.96. The molecule has 0 amide bonds. The molecule has 182 valence electrons. The molecule has 0 unspecified atom stereocenters. The summed E-state index contributed by atoms with van der Waals surface area (Å²) in [5, 5.41) is 0. The standard InChI is InChI=1S/C24H21FN2O8/c25-16-10-27(24(30)26-22(16)28)21-9-19(31-11-14-4-2-1-3-5-14)20(35-21)12-32-23(29)15-6-7-17-18(8-15)34-13-33-17/h1-8,10,19-21H,9,11-13H2,(H,26,28,30)/t19-,20+,21+/m0/s1.